The van der Waals surface area contributed by atoms with E-state index in [-0.39, 0.29) is 0 Å². The number of imidazole rings is 1. The third kappa shape index (κ3) is 2.91. The van der Waals surface area contributed by atoms with E-state index in [1.807, 2.05) is 13.1 Å². The number of aromatic amines is 1. The Kier molecular flexibility index (Phi) is 4.02. The summed E-state index contributed by atoms with van der Waals surface area (Å²) >= 11 is 0. The summed E-state index contributed by atoms with van der Waals surface area (Å²) in [4.78, 5) is 4.47. The molecule has 2 N–H and O–H groups in total. The van der Waals surface area contributed by atoms with Gasteiger partial charge >= 0.3 is 0 Å². The molecule has 2 aromatic heterocycles. The second-order valence-corrected chi connectivity index (χ2v) is 4.55. The molecule has 0 saturated heterocycles. The monoisotopic (exact) mass is 247 g/mol. The van der Waals surface area contributed by atoms with Crippen molar-refractivity contribution in [2.75, 3.05) is 11.9 Å². The highest BCUT2D eigenvalue weighted by atomic mass is 15.2. The van der Waals surface area contributed by atoms with Crippen LogP contribution in [0.25, 0.3) is 0 Å². The van der Waals surface area contributed by atoms with E-state index in [0.29, 0.717) is 0 Å². The summed E-state index contributed by atoms with van der Waals surface area (Å²) in [5.41, 5.74) is 3.53. The normalized spacial score (nSPS) is 10.8. The zero-order valence-electron chi connectivity index (χ0n) is 11.3. The lowest BCUT2D eigenvalue weighted by molar-refractivity contribution is 0.645. The van der Waals surface area contributed by atoms with Crippen LogP contribution in [0.15, 0.2) is 12.4 Å². The molecule has 0 saturated carbocycles. The molecule has 0 aliphatic rings. The van der Waals surface area contributed by atoms with Crippen LogP contribution in [0.4, 0.5) is 5.95 Å². The third-order valence-corrected chi connectivity index (χ3v) is 3.01. The largest absolute Gasteiger partial charge is 0.356 e. The fourth-order valence-electron chi connectivity index (χ4n) is 2.08. The molecule has 0 aliphatic heterocycles. The van der Waals surface area contributed by atoms with Gasteiger partial charge in [-0.2, -0.15) is 5.10 Å². The first-order chi connectivity index (χ1) is 8.70. The second-order valence-electron chi connectivity index (χ2n) is 4.55. The first-order valence-corrected chi connectivity index (χ1v) is 6.47. The van der Waals surface area contributed by atoms with Crippen LogP contribution in [0.3, 0.4) is 0 Å². The van der Waals surface area contributed by atoms with Crippen molar-refractivity contribution >= 4 is 5.95 Å². The van der Waals surface area contributed by atoms with E-state index in [1.54, 1.807) is 0 Å². The molecule has 5 heteroatoms. The molecule has 0 unspecified atom stereocenters. The lowest BCUT2D eigenvalue weighted by Gasteiger charge is -2.07. The van der Waals surface area contributed by atoms with E-state index in [4.69, 9.17) is 0 Å². The molecule has 2 aromatic rings. The van der Waals surface area contributed by atoms with Gasteiger partial charge < -0.3 is 9.88 Å². The number of nitrogens with one attached hydrogen (secondary N) is 2. The maximum absolute atomic E-state index is 4.47. The molecule has 0 aromatic carbocycles. The molecule has 0 spiro atoms. The van der Waals surface area contributed by atoms with Crippen molar-refractivity contribution in [1.82, 2.24) is 19.7 Å². The molecule has 5 nitrogen and oxygen atoms in total. The highest BCUT2D eigenvalue weighted by Crippen LogP contribution is 2.11. The Balaban J connectivity index is 1.92. The van der Waals surface area contributed by atoms with Crippen molar-refractivity contribution in [3.05, 3.63) is 29.3 Å². The molecule has 0 aliphatic carbocycles. The molecular weight excluding hydrogens is 226 g/mol. The van der Waals surface area contributed by atoms with E-state index in [1.165, 1.54) is 11.3 Å². The smallest absolute Gasteiger partial charge is 0.203 e. The van der Waals surface area contributed by atoms with Gasteiger partial charge in [0, 0.05) is 25.0 Å². The average molecular weight is 247 g/mol. The van der Waals surface area contributed by atoms with Gasteiger partial charge in [0.2, 0.25) is 5.95 Å². The van der Waals surface area contributed by atoms with E-state index in [9.17, 15) is 0 Å². The third-order valence-electron chi connectivity index (χ3n) is 3.01. The Bertz CT molecular complexity index is 497. The molecule has 0 fully saturated rings. The summed E-state index contributed by atoms with van der Waals surface area (Å²) in [6, 6.07) is 0. The van der Waals surface area contributed by atoms with E-state index < -0.39 is 0 Å². The number of rotatable bonds is 6. The predicted octanol–water partition coefficient (Wildman–Crippen LogP) is 2.29. The van der Waals surface area contributed by atoms with Crippen LogP contribution in [0, 0.1) is 13.8 Å². The van der Waals surface area contributed by atoms with Crippen LogP contribution < -0.4 is 5.32 Å². The first-order valence-electron chi connectivity index (χ1n) is 6.47. The van der Waals surface area contributed by atoms with Crippen LogP contribution in [0.1, 0.15) is 30.3 Å². The van der Waals surface area contributed by atoms with Crippen LogP contribution in [-0.4, -0.2) is 26.3 Å². The van der Waals surface area contributed by atoms with Gasteiger partial charge in [-0.05, 0) is 39.2 Å². The lowest BCUT2D eigenvalue weighted by Crippen LogP contribution is -2.07. The maximum Gasteiger partial charge on any atom is 0.203 e. The topological polar surface area (TPSA) is 58.5 Å². The minimum atomic E-state index is 0.900. The van der Waals surface area contributed by atoms with E-state index >= 15 is 0 Å². The zero-order valence-corrected chi connectivity index (χ0v) is 11.3. The van der Waals surface area contributed by atoms with Gasteiger partial charge in [0.25, 0.3) is 0 Å². The fraction of sp³-hybridized carbons (Fsp3) is 0.538. The molecule has 0 atom stereocenters. The first kappa shape index (κ1) is 12.7. The Hall–Kier alpha value is -1.78. The number of aryl methyl sites for hydroxylation is 4. The minimum Gasteiger partial charge on any atom is -0.356 e. The minimum absolute atomic E-state index is 0.900. The van der Waals surface area contributed by atoms with Gasteiger partial charge in [0.05, 0.1) is 11.9 Å². The number of anilines is 1. The van der Waals surface area contributed by atoms with Crippen molar-refractivity contribution < 1.29 is 0 Å². The SMILES string of the molecule is CCNc1nc(C)cn1CCCc1cn[nH]c1C. The molecular formula is C13H21N5. The number of H-pyrrole nitrogens is 1. The number of hydrogen-bond donors (Lipinski definition) is 2. The molecule has 18 heavy (non-hydrogen) atoms. The van der Waals surface area contributed by atoms with E-state index in [0.717, 1.165) is 37.6 Å². The molecule has 2 rings (SSSR count). The van der Waals surface area contributed by atoms with Crippen LogP contribution >= 0.6 is 0 Å². The van der Waals surface area contributed by atoms with Crippen LogP contribution in [-0.2, 0) is 13.0 Å². The highest BCUT2D eigenvalue weighted by molar-refractivity contribution is 5.28. The van der Waals surface area contributed by atoms with Gasteiger partial charge in [-0.3, -0.25) is 5.10 Å². The summed E-state index contributed by atoms with van der Waals surface area (Å²) < 4.78 is 2.19. The van der Waals surface area contributed by atoms with Crippen LogP contribution in [0.2, 0.25) is 0 Å². The fourth-order valence-corrected chi connectivity index (χ4v) is 2.08. The Morgan fingerprint density at radius 2 is 2.22 bits per heavy atom. The van der Waals surface area contributed by atoms with E-state index in [2.05, 4.69) is 45.1 Å². The average Bonchev–Trinajstić information content (AvgIpc) is 2.87. The molecule has 2 heterocycles. The van der Waals surface area contributed by atoms with Crippen molar-refractivity contribution in [2.45, 2.75) is 40.2 Å². The van der Waals surface area contributed by atoms with Crippen molar-refractivity contribution in [3.63, 3.8) is 0 Å². The Labute approximate surface area is 108 Å². The maximum atomic E-state index is 4.47. The van der Waals surface area contributed by atoms with Crippen molar-refractivity contribution in [1.29, 1.82) is 0 Å². The highest BCUT2D eigenvalue weighted by Gasteiger charge is 2.05. The summed E-state index contributed by atoms with van der Waals surface area (Å²) in [6.07, 6.45) is 6.15. The summed E-state index contributed by atoms with van der Waals surface area (Å²) in [6.45, 7) is 8.06. The number of aromatic nitrogens is 4. The molecule has 98 valence electrons. The number of hydrogen-bond acceptors (Lipinski definition) is 3. The van der Waals surface area contributed by atoms with Gasteiger partial charge in [-0.25, -0.2) is 4.98 Å². The zero-order chi connectivity index (χ0) is 13.0. The number of nitrogens with zero attached hydrogens (tertiary/aromatic N) is 3. The molecule has 0 amide bonds. The molecule has 0 radical (unpaired) electrons. The predicted molar refractivity (Wildman–Crippen MR) is 72.8 cm³/mol. The van der Waals surface area contributed by atoms with Gasteiger partial charge in [0.15, 0.2) is 0 Å². The van der Waals surface area contributed by atoms with Gasteiger partial charge in [-0.15, -0.1) is 0 Å². The second kappa shape index (κ2) is 5.71. The van der Waals surface area contributed by atoms with Crippen molar-refractivity contribution in [2.24, 2.45) is 0 Å². The summed E-state index contributed by atoms with van der Waals surface area (Å²) in [5, 5.41) is 10.3. The molecule has 0 bridgehead atoms. The van der Waals surface area contributed by atoms with Gasteiger partial charge in [-0.1, -0.05) is 0 Å². The van der Waals surface area contributed by atoms with Gasteiger partial charge in [0.1, 0.15) is 0 Å². The summed E-state index contributed by atoms with van der Waals surface area (Å²) in [5.74, 6) is 0.971. The quantitative estimate of drug-likeness (QED) is 0.823. The Morgan fingerprint density at radius 3 is 2.89 bits per heavy atom. The van der Waals surface area contributed by atoms with Crippen molar-refractivity contribution in [3.8, 4) is 0 Å². The summed E-state index contributed by atoms with van der Waals surface area (Å²) in [7, 11) is 0. The van der Waals surface area contributed by atoms with Crippen LogP contribution in [0.5, 0.6) is 0 Å². The lowest BCUT2D eigenvalue weighted by atomic mass is 10.1. The Morgan fingerprint density at radius 1 is 1.39 bits per heavy atom. The standard InChI is InChI=1S/C13H21N5/c1-4-14-13-16-10(2)9-18(13)7-5-6-12-8-15-17-11(12)3/h8-9H,4-7H2,1-3H3,(H,14,16)(H,15,17).